The number of methoxy groups -OCH3 is 1. The van der Waals surface area contributed by atoms with E-state index in [0.717, 1.165) is 40.8 Å². The molecule has 3 aromatic rings. The predicted octanol–water partition coefficient (Wildman–Crippen LogP) is 2.79. The Balaban J connectivity index is 1.47. The maximum Gasteiger partial charge on any atom is 0.262 e. The summed E-state index contributed by atoms with van der Waals surface area (Å²) in [6.07, 6.45) is 5.00. The summed E-state index contributed by atoms with van der Waals surface area (Å²) < 4.78 is 12.2. The molecule has 1 aromatic carbocycles. The first-order valence-corrected chi connectivity index (χ1v) is 9.92. The number of aliphatic hydroxyl groups excluding tert-OH is 1. The fraction of sp³-hybridized carbons (Fsp3) is 0.400. The topological polar surface area (TPSA) is 73.6 Å². The average Bonchev–Trinajstić information content (AvgIpc) is 3.08. The minimum atomic E-state index is -0.807. The monoisotopic (exact) mass is 386 g/mol. The summed E-state index contributed by atoms with van der Waals surface area (Å²) in [4.78, 5) is 19.5. The highest BCUT2D eigenvalue weighted by Gasteiger charge is 2.20. The van der Waals surface area contributed by atoms with E-state index in [-0.39, 0.29) is 18.7 Å². The molecule has 0 unspecified atom stereocenters. The van der Waals surface area contributed by atoms with Gasteiger partial charge in [0.1, 0.15) is 29.0 Å². The summed E-state index contributed by atoms with van der Waals surface area (Å²) in [6.45, 7) is 0.251. The second kappa shape index (κ2) is 7.70. The Labute approximate surface area is 161 Å². The summed E-state index contributed by atoms with van der Waals surface area (Å²) >= 11 is 1.63. The van der Waals surface area contributed by atoms with Gasteiger partial charge in [0.15, 0.2) is 0 Å². The molecule has 1 atom stereocenters. The third-order valence-corrected chi connectivity index (χ3v) is 6.05. The van der Waals surface area contributed by atoms with E-state index in [1.165, 1.54) is 22.2 Å². The quantitative estimate of drug-likeness (QED) is 0.705. The van der Waals surface area contributed by atoms with Gasteiger partial charge in [0.2, 0.25) is 0 Å². The van der Waals surface area contributed by atoms with Crippen LogP contribution >= 0.6 is 11.3 Å². The second-order valence-electron chi connectivity index (χ2n) is 6.73. The van der Waals surface area contributed by atoms with Gasteiger partial charge >= 0.3 is 0 Å². The molecule has 0 aliphatic heterocycles. The molecule has 0 radical (unpaired) electrons. The Morgan fingerprint density at radius 3 is 2.74 bits per heavy atom. The maximum atomic E-state index is 12.9. The molecular formula is C20H22N2O4S. The van der Waals surface area contributed by atoms with Crippen LogP contribution in [-0.4, -0.2) is 34.5 Å². The van der Waals surface area contributed by atoms with Crippen LogP contribution in [0.2, 0.25) is 0 Å². The molecular weight excluding hydrogens is 364 g/mol. The van der Waals surface area contributed by atoms with Gasteiger partial charge in [-0.1, -0.05) is 0 Å². The Kier molecular flexibility index (Phi) is 5.13. The minimum Gasteiger partial charge on any atom is -0.497 e. The van der Waals surface area contributed by atoms with Crippen molar-refractivity contribution in [3.63, 3.8) is 0 Å². The number of hydrogen-bond acceptors (Lipinski definition) is 6. The zero-order valence-electron chi connectivity index (χ0n) is 15.2. The normalized spacial score (nSPS) is 14.7. The number of ether oxygens (including phenoxy) is 2. The molecule has 0 amide bonds. The Bertz CT molecular complexity index is 994. The molecule has 1 N–H and O–H groups in total. The Morgan fingerprint density at radius 1 is 1.22 bits per heavy atom. The predicted molar refractivity (Wildman–Crippen MR) is 105 cm³/mol. The Hall–Kier alpha value is -2.38. The van der Waals surface area contributed by atoms with Gasteiger partial charge in [-0.05, 0) is 55.5 Å². The molecule has 7 heteroatoms. The van der Waals surface area contributed by atoms with E-state index in [0.29, 0.717) is 5.75 Å². The van der Waals surface area contributed by atoms with Gasteiger partial charge in [0.05, 0.1) is 25.4 Å². The zero-order valence-corrected chi connectivity index (χ0v) is 16.0. The molecule has 0 spiro atoms. The van der Waals surface area contributed by atoms with Crippen LogP contribution in [0.4, 0.5) is 0 Å². The van der Waals surface area contributed by atoms with Gasteiger partial charge in [-0.25, -0.2) is 4.98 Å². The van der Waals surface area contributed by atoms with Crippen LogP contribution in [0.1, 0.15) is 23.3 Å². The van der Waals surface area contributed by atoms with Gasteiger partial charge in [-0.15, -0.1) is 11.3 Å². The molecule has 0 bridgehead atoms. The standard InChI is InChI=1S/C20H22N2O4S/c1-25-14-6-8-15(9-7-14)26-11-13(23)10-22-12-21-19-18(20(22)24)16-4-2-3-5-17(16)27-19/h6-9,12-13,23H,2-5,10-11H2,1H3/t13-/m0/s1. The number of benzene rings is 1. The summed E-state index contributed by atoms with van der Waals surface area (Å²) in [5.41, 5.74) is 1.10. The Morgan fingerprint density at radius 2 is 1.96 bits per heavy atom. The SMILES string of the molecule is COc1ccc(OC[C@@H](O)Cn2cnc3sc4c(c3c2=O)CCCC4)cc1. The molecule has 142 valence electrons. The number of rotatable bonds is 6. The molecule has 6 nitrogen and oxygen atoms in total. The van der Waals surface area contributed by atoms with Gasteiger partial charge in [-0.2, -0.15) is 0 Å². The van der Waals surface area contributed by atoms with Crippen molar-refractivity contribution in [2.75, 3.05) is 13.7 Å². The van der Waals surface area contributed by atoms with Gasteiger partial charge in [0.25, 0.3) is 5.56 Å². The summed E-state index contributed by atoms with van der Waals surface area (Å²) in [6, 6.07) is 7.15. The van der Waals surface area contributed by atoms with Crippen LogP contribution in [0.25, 0.3) is 10.2 Å². The lowest BCUT2D eigenvalue weighted by Crippen LogP contribution is -2.30. The largest absolute Gasteiger partial charge is 0.497 e. The van der Waals surface area contributed by atoms with Crippen LogP contribution in [0.5, 0.6) is 11.5 Å². The van der Waals surface area contributed by atoms with Crippen molar-refractivity contribution in [1.82, 2.24) is 9.55 Å². The van der Waals surface area contributed by atoms with Crippen LogP contribution in [0, 0.1) is 0 Å². The number of aliphatic hydroxyl groups is 1. The van der Waals surface area contributed by atoms with E-state index in [4.69, 9.17) is 9.47 Å². The van der Waals surface area contributed by atoms with Crippen LogP contribution in [0.3, 0.4) is 0 Å². The zero-order chi connectivity index (χ0) is 18.8. The van der Waals surface area contributed by atoms with Crippen molar-refractivity contribution < 1.29 is 14.6 Å². The highest BCUT2D eigenvalue weighted by atomic mass is 32.1. The van der Waals surface area contributed by atoms with Crippen LogP contribution in [0.15, 0.2) is 35.4 Å². The first-order chi connectivity index (χ1) is 13.2. The van der Waals surface area contributed by atoms with Crippen LogP contribution in [-0.2, 0) is 19.4 Å². The first-order valence-electron chi connectivity index (χ1n) is 9.10. The summed E-state index contributed by atoms with van der Waals surface area (Å²) in [7, 11) is 1.60. The van der Waals surface area contributed by atoms with Crippen molar-refractivity contribution in [3.05, 3.63) is 51.4 Å². The number of thiophene rings is 1. The number of fused-ring (bicyclic) bond motifs is 3. The molecule has 0 saturated heterocycles. The van der Waals surface area contributed by atoms with Gasteiger partial charge in [-0.3, -0.25) is 9.36 Å². The minimum absolute atomic E-state index is 0.0668. The number of nitrogens with zero attached hydrogens (tertiary/aromatic N) is 2. The van der Waals surface area contributed by atoms with Gasteiger partial charge < -0.3 is 14.6 Å². The van der Waals surface area contributed by atoms with E-state index >= 15 is 0 Å². The molecule has 0 saturated carbocycles. The molecule has 2 aromatic heterocycles. The van der Waals surface area contributed by atoms with Crippen molar-refractivity contribution >= 4 is 21.6 Å². The highest BCUT2D eigenvalue weighted by molar-refractivity contribution is 7.18. The van der Waals surface area contributed by atoms with E-state index in [1.807, 2.05) is 0 Å². The van der Waals surface area contributed by atoms with E-state index in [2.05, 4.69) is 4.98 Å². The molecule has 4 rings (SSSR count). The average molecular weight is 386 g/mol. The van der Waals surface area contributed by atoms with Crippen molar-refractivity contribution in [3.8, 4) is 11.5 Å². The molecule has 27 heavy (non-hydrogen) atoms. The molecule has 1 aliphatic carbocycles. The van der Waals surface area contributed by atoms with Gasteiger partial charge in [0, 0.05) is 4.88 Å². The lowest BCUT2D eigenvalue weighted by molar-refractivity contribution is 0.0914. The third-order valence-electron chi connectivity index (χ3n) is 4.85. The summed E-state index contributed by atoms with van der Waals surface area (Å²) in [5, 5.41) is 11.1. The summed E-state index contributed by atoms with van der Waals surface area (Å²) in [5.74, 6) is 1.38. The fourth-order valence-corrected chi connectivity index (χ4v) is 4.67. The number of aromatic nitrogens is 2. The number of aryl methyl sites for hydroxylation is 2. The van der Waals surface area contributed by atoms with E-state index < -0.39 is 6.10 Å². The first kappa shape index (κ1) is 18.0. The van der Waals surface area contributed by atoms with Crippen molar-refractivity contribution in [1.29, 1.82) is 0 Å². The van der Waals surface area contributed by atoms with Crippen LogP contribution < -0.4 is 15.0 Å². The number of hydrogen-bond donors (Lipinski definition) is 1. The maximum absolute atomic E-state index is 12.9. The van der Waals surface area contributed by atoms with Crippen molar-refractivity contribution in [2.24, 2.45) is 0 Å². The molecule has 0 fully saturated rings. The fourth-order valence-electron chi connectivity index (χ4n) is 3.46. The smallest absolute Gasteiger partial charge is 0.262 e. The lowest BCUT2D eigenvalue weighted by Gasteiger charge is -2.14. The third kappa shape index (κ3) is 3.70. The molecule has 2 heterocycles. The lowest BCUT2D eigenvalue weighted by atomic mass is 9.97. The molecule has 1 aliphatic rings. The highest BCUT2D eigenvalue weighted by Crippen LogP contribution is 2.33. The second-order valence-corrected chi connectivity index (χ2v) is 7.82. The van der Waals surface area contributed by atoms with Crippen molar-refractivity contribution in [2.45, 2.75) is 38.3 Å². The van der Waals surface area contributed by atoms with E-state index in [9.17, 15) is 9.90 Å². The van der Waals surface area contributed by atoms with E-state index in [1.54, 1.807) is 42.7 Å².